The molecule has 1 aliphatic heterocycles. The molecule has 0 bridgehead atoms. The third-order valence-corrected chi connectivity index (χ3v) is 2.97. The van der Waals surface area contributed by atoms with E-state index in [-0.39, 0.29) is 18.5 Å². The molecule has 2 rings (SSSR count). The summed E-state index contributed by atoms with van der Waals surface area (Å²) in [6.07, 6.45) is 3.20. The average Bonchev–Trinajstić information content (AvgIpc) is 2.91. The van der Waals surface area contributed by atoms with E-state index >= 15 is 0 Å². The van der Waals surface area contributed by atoms with Crippen LogP contribution >= 0.6 is 0 Å². The maximum atomic E-state index is 13.2. The second-order valence-corrected chi connectivity index (χ2v) is 4.37. The molecule has 3 nitrogen and oxygen atoms in total. The fourth-order valence-corrected chi connectivity index (χ4v) is 2.03. The Kier molecular flexibility index (Phi) is 5.20. The van der Waals surface area contributed by atoms with Crippen LogP contribution in [0.3, 0.4) is 0 Å². The first-order valence-electron chi connectivity index (χ1n) is 6.43. The molecule has 0 amide bonds. The Bertz CT molecular complexity index is 470. The largest absolute Gasteiger partial charge is 0.492 e. The summed E-state index contributed by atoms with van der Waals surface area (Å²) in [5, 5.41) is 8.69. The van der Waals surface area contributed by atoms with E-state index in [1.807, 2.05) is 0 Å². The van der Waals surface area contributed by atoms with E-state index in [0.717, 1.165) is 25.9 Å². The second kappa shape index (κ2) is 7.13. The van der Waals surface area contributed by atoms with Crippen molar-refractivity contribution in [3.8, 4) is 17.6 Å². The number of ether oxygens (including phenoxy) is 2. The maximum absolute atomic E-state index is 13.2. The molecule has 102 valence electrons. The molecule has 0 radical (unpaired) electrons. The number of hydrogen-bond donors (Lipinski definition) is 1. The molecule has 0 aliphatic carbocycles. The molecule has 0 saturated carbocycles. The first-order valence-corrected chi connectivity index (χ1v) is 6.43. The van der Waals surface area contributed by atoms with Crippen molar-refractivity contribution in [3.63, 3.8) is 0 Å². The molecule has 1 aromatic carbocycles. The SMILES string of the molecule is OCC#Cc1ccc(F)cc1OCCC1CCCO1. The Morgan fingerprint density at radius 1 is 1.47 bits per heavy atom. The predicted molar refractivity (Wildman–Crippen MR) is 69.4 cm³/mol. The monoisotopic (exact) mass is 264 g/mol. The lowest BCUT2D eigenvalue weighted by molar-refractivity contribution is 0.0903. The molecule has 1 aromatic rings. The van der Waals surface area contributed by atoms with Gasteiger partial charge < -0.3 is 14.6 Å². The highest BCUT2D eigenvalue weighted by molar-refractivity contribution is 5.46. The third-order valence-electron chi connectivity index (χ3n) is 2.97. The summed E-state index contributed by atoms with van der Waals surface area (Å²) in [6, 6.07) is 4.20. The van der Waals surface area contributed by atoms with Crippen molar-refractivity contribution in [2.45, 2.75) is 25.4 Å². The quantitative estimate of drug-likeness (QED) is 0.847. The molecule has 0 spiro atoms. The minimum atomic E-state index is -0.360. The fourth-order valence-electron chi connectivity index (χ4n) is 2.03. The van der Waals surface area contributed by atoms with Gasteiger partial charge in [0.05, 0.1) is 18.3 Å². The van der Waals surface area contributed by atoms with Gasteiger partial charge >= 0.3 is 0 Å². The van der Waals surface area contributed by atoms with E-state index in [1.165, 1.54) is 12.1 Å². The molecular formula is C15H17FO3. The molecule has 0 aromatic heterocycles. The minimum absolute atomic E-state index is 0.229. The van der Waals surface area contributed by atoms with Gasteiger partial charge in [-0.2, -0.15) is 0 Å². The van der Waals surface area contributed by atoms with Crippen LogP contribution in [0.1, 0.15) is 24.8 Å². The standard InChI is InChI=1S/C15H17FO3/c16-13-6-5-12(3-1-8-17)15(11-13)19-10-7-14-4-2-9-18-14/h5-6,11,14,17H,2,4,7-10H2. The lowest BCUT2D eigenvalue weighted by Crippen LogP contribution is -2.11. The Morgan fingerprint density at radius 3 is 3.11 bits per heavy atom. The highest BCUT2D eigenvalue weighted by Gasteiger charge is 2.15. The summed E-state index contributed by atoms with van der Waals surface area (Å²) in [7, 11) is 0. The summed E-state index contributed by atoms with van der Waals surface area (Å²) < 4.78 is 24.3. The first kappa shape index (κ1) is 13.9. The smallest absolute Gasteiger partial charge is 0.137 e. The zero-order chi connectivity index (χ0) is 13.5. The lowest BCUT2D eigenvalue weighted by atomic mass is 10.2. The normalized spacial score (nSPS) is 17.9. The molecule has 1 saturated heterocycles. The first-order chi connectivity index (χ1) is 9.29. The van der Waals surface area contributed by atoms with E-state index < -0.39 is 0 Å². The van der Waals surface area contributed by atoms with Gasteiger partial charge in [-0.25, -0.2) is 4.39 Å². The molecule has 1 heterocycles. The van der Waals surface area contributed by atoms with Gasteiger partial charge in [-0.05, 0) is 25.0 Å². The van der Waals surface area contributed by atoms with Crippen molar-refractivity contribution in [1.82, 2.24) is 0 Å². The van der Waals surface area contributed by atoms with Gasteiger partial charge in [0.25, 0.3) is 0 Å². The van der Waals surface area contributed by atoms with Crippen LogP contribution < -0.4 is 4.74 Å². The van der Waals surface area contributed by atoms with E-state index in [4.69, 9.17) is 14.6 Å². The summed E-state index contributed by atoms with van der Waals surface area (Å²) >= 11 is 0. The van der Waals surface area contributed by atoms with Crippen molar-refractivity contribution in [3.05, 3.63) is 29.6 Å². The molecule has 1 atom stereocenters. The van der Waals surface area contributed by atoms with Gasteiger partial charge in [-0.3, -0.25) is 0 Å². The minimum Gasteiger partial charge on any atom is -0.492 e. The van der Waals surface area contributed by atoms with Crippen LogP contribution in [0.15, 0.2) is 18.2 Å². The van der Waals surface area contributed by atoms with Crippen LogP contribution in [0.2, 0.25) is 0 Å². The zero-order valence-corrected chi connectivity index (χ0v) is 10.7. The lowest BCUT2D eigenvalue weighted by Gasteiger charge is -2.11. The van der Waals surface area contributed by atoms with Crippen LogP contribution in [-0.4, -0.2) is 31.0 Å². The summed E-state index contributed by atoms with van der Waals surface area (Å²) in [4.78, 5) is 0. The van der Waals surface area contributed by atoms with Gasteiger partial charge in [0.15, 0.2) is 0 Å². The summed E-state index contributed by atoms with van der Waals surface area (Å²) in [5.74, 6) is 5.34. The Hall–Kier alpha value is -1.57. The molecule has 19 heavy (non-hydrogen) atoms. The van der Waals surface area contributed by atoms with Gasteiger partial charge in [0, 0.05) is 19.1 Å². The van der Waals surface area contributed by atoms with Crippen LogP contribution in [0.4, 0.5) is 4.39 Å². The number of hydrogen-bond acceptors (Lipinski definition) is 3. The van der Waals surface area contributed by atoms with Crippen molar-refractivity contribution >= 4 is 0 Å². The van der Waals surface area contributed by atoms with Crippen LogP contribution in [0.25, 0.3) is 0 Å². The number of aliphatic hydroxyl groups is 1. The predicted octanol–water partition coefficient (Wildman–Crippen LogP) is 2.12. The van der Waals surface area contributed by atoms with Gasteiger partial charge in [-0.1, -0.05) is 11.8 Å². The number of aliphatic hydroxyl groups excluding tert-OH is 1. The Labute approximate surface area is 112 Å². The maximum Gasteiger partial charge on any atom is 0.137 e. The van der Waals surface area contributed by atoms with E-state index in [2.05, 4.69) is 11.8 Å². The van der Waals surface area contributed by atoms with Crippen molar-refractivity contribution in [2.24, 2.45) is 0 Å². The highest BCUT2D eigenvalue weighted by Crippen LogP contribution is 2.21. The van der Waals surface area contributed by atoms with Crippen LogP contribution in [0.5, 0.6) is 5.75 Å². The molecule has 1 aliphatic rings. The van der Waals surface area contributed by atoms with E-state index in [0.29, 0.717) is 17.9 Å². The molecule has 1 fully saturated rings. The van der Waals surface area contributed by atoms with Crippen LogP contribution in [-0.2, 0) is 4.74 Å². The van der Waals surface area contributed by atoms with Crippen molar-refractivity contribution in [2.75, 3.05) is 19.8 Å². The van der Waals surface area contributed by atoms with E-state index in [1.54, 1.807) is 6.07 Å². The zero-order valence-electron chi connectivity index (χ0n) is 10.7. The van der Waals surface area contributed by atoms with Crippen molar-refractivity contribution < 1.29 is 19.0 Å². The molecule has 4 heteroatoms. The van der Waals surface area contributed by atoms with Crippen molar-refractivity contribution in [1.29, 1.82) is 0 Å². The molecular weight excluding hydrogens is 247 g/mol. The van der Waals surface area contributed by atoms with Gasteiger partial charge in [0.1, 0.15) is 18.2 Å². The average molecular weight is 264 g/mol. The third kappa shape index (κ3) is 4.23. The molecule has 1 N–H and O–H groups in total. The summed E-state index contributed by atoms with van der Waals surface area (Å²) in [5.41, 5.74) is 0.586. The number of halogens is 1. The van der Waals surface area contributed by atoms with Gasteiger partial charge in [0.2, 0.25) is 0 Å². The molecule has 1 unspecified atom stereocenters. The topological polar surface area (TPSA) is 38.7 Å². The number of benzene rings is 1. The second-order valence-electron chi connectivity index (χ2n) is 4.37. The van der Waals surface area contributed by atoms with Gasteiger partial charge in [-0.15, -0.1) is 0 Å². The van der Waals surface area contributed by atoms with Crippen LogP contribution in [0, 0.1) is 17.7 Å². The highest BCUT2D eigenvalue weighted by atomic mass is 19.1. The fraction of sp³-hybridized carbons (Fsp3) is 0.467. The Balaban J connectivity index is 1.95. The Morgan fingerprint density at radius 2 is 2.37 bits per heavy atom. The summed E-state index contributed by atoms with van der Waals surface area (Å²) in [6.45, 7) is 1.06. The number of rotatable bonds is 4. The van der Waals surface area contributed by atoms with E-state index in [9.17, 15) is 4.39 Å².